The SMILES string of the molecule is O=C1N/N=C(\c2ccccc2Cl)c2cc(Br)ccc2NC(=O)C(=O)Nc2ccc(Br)cc2/C(c2ccccc2Cl)=N/NC1=O. The zero-order chi connectivity index (χ0) is 31.4. The van der Waals surface area contributed by atoms with E-state index >= 15 is 0 Å². The van der Waals surface area contributed by atoms with Gasteiger partial charge in [-0.25, -0.2) is 10.9 Å². The maximum absolute atomic E-state index is 13.3. The number of nitrogens with one attached hydrogen (secondary N) is 4. The third-order valence-electron chi connectivity index (χ3n) is 6.18. The molecule has 0 aliphatic carbocycles. The smallest absolute Gasteiger partial charge is 0.317 e. The fourth-order valence-electron chi connectivity index (χ4n) is 4.15. The van der Waals surface area contributed by atoms with Gasteiger partial charge in [-0.15, -0.1) is 0 Å². The summed E-state index contributed by atoms with van der Waals surface area (Å²) >= 11 is 19.7. The van der Waals surface area contributed by atoms with Crippen molar-refractivity contribution in [2.45, 2.75) is 0 Å². The molecule has 44 heavy (non-hydrogen) atoms. The van der Waals surface area contributed by atoms with E-state index in [1.54, 1.807) is 84.9 Å². The summed E-state index contributed by atoms with van der Waals surface area (Å²) in [6.07, 6.45) is 0. The highest BCUT2D eigenvalue weighted by Crippen LogP contribution is 2.29. The molecule has 220 valence electrons. The van der Waals surface area contributed by atoms with Crippen LogP contribution in [0.1, 0.15) is 22.3 Å². The maximum Gasteiger partial charge on any atom is 0.331 e. The minimum atomic E-state index is -1.15. The van der Waals surface area contributed by atoms with E-state index < -0.39 is 23.6 Å². The predicted octanol–water partition coefficient (Wildman–Crippen LogP) is 5.85. The molecule has 4 N–H and O–H groups in total. The van der Waals surface area contributed by atoms with Crippen LogP contribution in [0.4, 0.5) is 11.4 Å². The van der Waals surface area contributed by atoms with Gasteiger partial charge >= 0.3 is 23.6 Å². The van der Waals surface area contributed by atoms with Crippen LogP contribution in [0.2, 0.25) is 10.0 Å². The molecule has 0 fully saturated rings. The first-order valence-corrected chi connectivity index (χ1v) is 14.9. The van der Waals surface area contributed by atoms with Crippen LogP contribution in [-0.4, -0.2) is 35.1 Å². The van der Waals surface area contributed by atoms with E-state index in [4.69, 9.17) is 23.2 Å². The average Bonchev–Trinajstić information content (AvgIpc) is 3.00. The molecule has 0 aromatic heterocycles. The van der Waals surface area contributed by atoms with Gasteiger partial charge in [0.15, 0.2) is 0 Å². The van der Waals surface area contributed by atoms with Crippen molar-refractivity contribution in [1.82, 2.24) is 10.9 Å². The summed E-state index contributed by atoms with van der Waals surface area (Å²) in [5.74, 6) is -4.29. The van der Waals surface area contributed by atoms with E-state index in [0.29, 0.717) is 20.1 Å². The van der Waals surface area contributed by atoms with Crippen LogP contribution in [0.15, 0.2) is 104 Å². The van der Waals surface area contributed by atoms with Crippen LogP contribution in [0.3, 0.4) is 0 Å². The largest absolute Gasteiger partial charge is 0.331 e. The fraction of sp³-hybridized carbons (Fsp3) is 0. The number of carbonyl (C=O) groups is 4. The van der Waals surface area contributed by atoms with Gasteiger partial charge in [0.05, 0.1) is 21.4 Å². The maximum atomic E-state index is 13.3. The lowest BCUT2D eigenvalue weighted by atomic mass is 10.00. The van der Waals surface area contributed by atoms with Gasteiger partial charge in [-0.2, -0.15) is 10.2 Å². The Bertz CT molecular complexity index is 1780. The van der Waals surface area contributed by atoms with E-state index in [1.807, 2.05) is 0 Å². The topological polar surface area (TPSA) is 141 Å². The molecule has 5 rings (SSSR count). The highest BCUT2D eigenvalue weighted by Gasteiger charge is 2.24. The minimum absolute atomic E-state index is 0.0938. The second-order valence-electron chi connectivity index (χ2n) is 9.05. The Balaban J connectivity index is 1.69. The molecule has 4 aromatic rings. The highest BCUT2D eigenvalue weighted by atomic mass is 79.9. The number of hydrazone groups is 2. The van der Waals surface area contributed by atoms with Crippen LogP contribution >= 0.6 is 55.1 Å². The number of hydrogen-bond donors (Lipinski definition) is 4. The van der Waals surface area contributed by atoms with E-state index in [9.17, 15) is 19.2 Å². The Hall–Kier alpha value is -4.36. The number of amides is 4. The van der Waals surface area contributed by atoms with Crippen LogP contribution in [0.25, 0.3) is 0 Å². The predicted molar refractivity (Wildman–Crippen MR) is 176 cm³/mol. The van der Waals surface area contributed by atoms with Gasteiger partial charge in [0.25, 0.3) is 0 Å². The number of halogens is 4. The molecular weight excluding hydrogens is 739 g/mol. The van der Waals surface area contributed by atoms with E-state index in [1.165, 1.54) is 0 Å². The van der Waals surface area contributed by atoms with Crippen molar-refractivity contribution in [2.24, 2.45) is 10.2 Å². The van der Waals surface area contributed by atoms with Gasteiger partial charge in [-0.3, -0.25) is 19.2 Å². The quantitative estimate of drug-likeness (QED) is 0.191. The molecule has 0 unspecified atom stereocenters. The van der Waals surface area contributed by atoms with Crippen molar-refractivity contribution >= 4 is 101 Å². The summed E-state index contributed by atoms with van der Waals surface area (Å²) in [5.41, 5.74) is 6.30. The number of benzene rings is 4. The molecule has 1 aliphatic rings. The van der Waals surface area contributed by atoms with Gasteiger partial charge in [-0.05, 0) is 48.5 Å². The van der Waals surface area contributed by atoms with Gasteiger partial charge in [-0.1, -0.05) is 91.5 Å². The van der Waals surface area contributed by atoms with Crippen molar-refractivity contribution in [3.05, 3.63) is 126 Å². The Morgan fingerprint density at radius 3 is 1.27 bits per heavy atom. The first-order chi connectivity index (χ1) is 21.1. The monoisotopic (exact) mass is 754 g/mol. The molecule has 0 radical (unpaired) electrons. The molecule has 1 aliphatic heterocycles. The Morgan fingerprint density at radius 2 is 0.886 bits per heavy atom. The molecule has 0 spiro atoms. The van der Waals surface area contributed by atoms with Gasteiger partial charge in [0, 0.05) is 31.2 Å². The summed E-state index contributed by atoms with van der Waals surface area (Å²) < 4.78 is 1.18. The highest BCUT2D eigenvalue weighted by molar-refractivity contribution is 9.10. The van der Waals surface area contributed by atoms with Gasteiger partial charge < -0.3 is 10.6 Å². The molecule has 0 saturated carbocycles. The van der Waals surface area contributed by atoms with Crippen molar-refractivity contribution in [2.75, 3.05) is 10.6 Å². The zero-order valence-electron chi connectivity index (χ0n) is 22.1. The number of anilines is 2. The van der Waals surface area contributed by atoms with Crippen LogP contribution in [0, 0.1) is 0 Å². The zero-order valence-corrected chi connectivity index (χ0v) is 26.8. The number of rotatable bonds is 2. The molecule has 0 saturated heterocycles. The van der Waals surface area contributed by atoms with E-state index in [2.05, 4.69) is 63.5 Å². The molecule has 14 heteroatoms. The third-order valence-corrected chi connectivity index (χ3v) is 7.82. The van der Waals surface area contributed by atoms with Gasteiger partial charge in [0.2, 0.25) is 0 Å². The molecular formula is C30H18Br2Cl2N6O4. The van der Waals surface area contributed by atoms with Crippen molar-refractivity contribution in [3.63, 3.8) is 0 Å². The summed E-state index contributed by atoms with van der Waals surface area (Å²) in [6, 6.07) is 22.9. The lowest BCUT2D eigenvalue weighted by Crippen LogP contribution is -2.37. The summed E-state index contributed by atoms with van der Waals surface area (Å²) in [6.45, 7) is 0. The normalized spacial score (nSPS) is 16.5. The number of hydrogen-bond acceptors (Lipinski definition) is 6. The molecule has 4 aromatic carbocycles. The first-order valence-electron chi connectivity index (χ1n) is 12.6. The van der Waals surface area contributed by atoms with Crippen molar-refractivity contribution in [1.29, 1.82) is 0 Å². The molecule has 4 amide bonds. The van der Waals surface area contributed by atoms with E-state index in [0.717, 1.165) is 0 Å². The van der Waals surface area contributed by atoms with Gasteiger partial charge in [0.1, 0.15) is 11.4 Å². The standard InChI is InChI=1S/C30H18Br2Cl2N6O4/c31-15-9-11-23-19(13-15)25(17-5-1-3-7-21(17)33)37-39-29(43)30(44)40-38-26(18-6-2-4-8-22(18)34)20-14-16(32)10-12-24(20)36-28(42)27(41)35-23/h1-14H,(H,35,41)(H,36,42)(H,39,43)(H,40,44). The molecule has 1 heterocycles. The Labute approximate surface area is 277 Å². The fourth-order valence-corrected chi connectivity index (χ4v) is 5.33. The number of fused-ring (bicyclic) bond motifs is 2. The number of nitrogens with zero attached hydrogens (tertiary/aromatic N) is 2. The molecule has 10 nitrogen and oxygen atoms in total. The number of carbonyl (C=O) groups excluding carboxylic acids is 4. The van der Waals surface area contributed by atoms with Crippen LogP contribution in [-0.2, 0) is 19.2 Å². The second-order valence-corrected chi connectivity index (χ2v) is 11.7. The van der Waals surface area contributed by atoms with E-state index in [-0.39, 0.29) is 44.0 Å². The Kier molecular flexibility index (Phi) is 9.55. The Morgan fingerprint density at radius 1 is 0.500 bits per heavy atom. The lowest BCUT2D eigenvalue weighted by molar-refractivity contribution is -0.139. The average molecular weight is 757 g/mol. The summed E-state index contributed by atoms with van der Waals surface area (Å²) in [5, 5.41) is 14.2. The van der Waals surface area contributed by atoms with Crippen LogP contribution < -0.4 is 21.5 Å². The van der Waals surface area contributed by atoms with Crippen LogP contribution in [0.5, 0.6) is 0 Å². The molecule has 0 bridgehead atoms. The van der Waals surface area contributed by atoms with Crippen molar-refractivity contribution in [3.8, 4) is 0 Å². The summed E-state index contributed by atoms with van der Waals surface area (Å²) in [4.78, 5) is 52.4. The third kappa shape index (κ3) is 6.89. The summed E-state index contributed by atoms with van der Waals surface area (Å²) in [7, 11) is 0. The second kappa shape index (κ2) is 13.5. The van der Waals surface area contributed by atoms with Crippen molar-refractivity contribution < 1.29 is 19.2 Å². The lowest BCUT2D eigenvalue weighted by Gasteiger charge is -2.17. The minimum Gasteiger partial charge on any atom is -0.317 e. The molecule has 0 atom stereocenters. The first kappa shape index (κ1) is 31.1.